The van der Waals surface area contributed by atoms with Crippen molar-refractivity contribution in [3.8, 4) is 0 Å². The molecule has 1 fully saturated rings. The fourth-order valence-electron chi connectivity index (χ4n) is 2.10. The van der Waals surface area contributed by atoms with Crippen LogP contribution in [0.25, 0.3) is 0 Å². The van der Waals surface area contributed by atoms with E-state index in [2.05, 4.69) is 22.3 Å². The Balaban J connectivity index is 1.61. The summed E-state index contributed by atoms with van der Waals surface area (Å²) in [6, 6.07) is 10.3. The lowest BCUT2D eigenvalue weighted by Crippen LogP contribution is -2.31. The molecule has 2 atom stereocenters. The molecule has 94 valence electrons. The molecule has 1 aromatic rings. The molecule has 4 heteroatoms. The lowest BCUT2D eigenvalue weighted by molar-refractivity contribution is 0.0572. The summed E-state index contributed by atoms with van der Waals surface area (Å²) in [5.41, 5.74) is 1.27. The maximum absolute atomic E-state index is 9.39. The first-order chi connectivity index (χ1) is 8.25. The number of aliphatic hydroxyl groups excluding tert-OH is 2. The van der Waals surface area contributed by atoms with E-state index in [-0.39, 0.29) is 0 Å². The van der Waals surface area contributed by atoms with Crippen molar-refractivity contribution in [2.24, 2.45) is 0 Å². The molecule has 1 saturated heterocycles. The SMILES string of the molecule is O[C@@H]1CN(CCNCc2ccccc2)C[C@H]1O. The number of benzene rings is 1. The molecule has 1 aliphatic heterocycles. The van der Waals surface area contributed by atoms with Gasteiger partial charge in [-0.25, -0.2) is 0 Å². The van der Waals surface area contributed by atoms with Gasteiger partial charge in [0, 0.05) is 32.7 Å². The van der Waals surface area contributed by atoms with Crippen molar-refractivity contribution in [3.63, 3.8) is 0 Å². The van der Waals surface area contributed by atoms with E-state index in [1.807, 2.05) is 18.2 Å². The van der Waals surface area contributed by atoms with Gasteiger partial charge >= 0.3 is 0 Å². The fraction of sp³-hybridized carbons (Fsp3) is 0.538. The number of hydrogen-bond donors (Lipinski definition) is 3. The minimum absolute atomic E-state index is 0.578. The highest BCUT2D eigenvalue weighted by Crippen LogP contribution is 2.08. The zero-order valence-corrected chi connectivity index (χ0v) is 9.92. The third-order valence-corrected chi connectivity index (χ3v) is 3.11. The molecule has 3 N–H and O–H groups in total. The van der Waals surface area contributed by atoms with Crippen LogP contribution < -0.4 is 5.32 Å². The molecule has 0 radical (unpaired) electrons. The molecule has 1 heterocycles. The maximum atomic E-state index is 9.39. The van der Waals surface area contributed by atoms with Gasteiger partial charge in [0.15, 0.2) is 0 Å². The summed E-state index contributed by atoms with van der Waals surface area (Å²) in [4.78, 5) is 2.08. The second kappa shape index (κ2) is 6.12. The van der Waals surface area contributed by atoms with Crippen LogP contribution in [0.15, 0.2) is 30.3 Å². The second-order valence-corrected chi connectivity index (χ2v) is 4.56. The Morgan fingerprint density at radius 1 is 1.12 bits per heavy atom. The number of likely N-dealkylation sites (tertiary alicyclic amines) is 1. The number of hydrogen-bond acceptors (Lipinski definition) is 4. The van der Waals surface area contributed by atoms with Gasteiger partial charge in [-0.3, -0.25) is 4.90 Å². The molecule has 0 saturated carbocycles. The van der Waals surface area contributed by atoms with Crippen molar-refractivity contribution in [1.82, 2.24) is 10.2 Å². The third kappa shape index (κ3) is 3.78. The van der Waals surface area contributed by atoms with Crippen LogP contribution in [-0.4, -0.2) is 53.5 Å². The van der Waals surface area contributed by atoms with Crippen molar-refractivity contribution in [2.75, 3.05) is 26.2 Å². The van der Waals surface area contributed by atoms with Gasteiger partial charge in [0.2, 0.25) is 0 Å². The Kier molecular flexibility index (Phi) is 4.50. The van der Waals surface area contributed by atoms with Gasteiger partial charge in [-0.15, -0.1) is 0 Å². The first-order valence-electron chi connectivity index (χ1n) is 6.09. The molecule has 0 spiro atoms. The Bertz CT molecular complexity index is 321. The van der Waals surface area contributed by atoms with Crippen LogP contribution in [0.2, 0.25) is 0 Å². The first-order valence-corrected chi connectivity index (χ1v) is 6.09. The Morgan fingerprint density at radius 2 is 1.76 bits per heavy atom. The van der Waals surface area contributed by atoms with Crippen molar-refractivity contribution in [3.05, 3.63) is 35.9 Å². The Labute approximate surface area is 102 Å². The number of rotatable bonds is 5. The van der Waals surface area contributed by atoms with E-state index in [1.54, 1.807) is 0 Å². The molecule has 17 heavy (non-hydrogen) atoms. The van der Waals surface area contributed by atoms with E-state index in [0.717, 1.165) is 19.6 Å². The molecule has 4 nitrogen and oxygen atoms in total. The van der Waals surface area contributed by atoms with Crippen molar-refractivity contribution in [1.29, 1.82) is 0 Å². The largest absolute Gasteiger partial charge is 0.389 e. The maximum Gasteiger partial charge on any atom is 0.0938 e. The van der Waals surface area contributed by atoms with Gasteiger partial charge in [0.05, 0.1) is 12.2 Å². The highest BCUT2D eigenvalue weighted by Gasteiger charge is 2.28. The summed E-state index contributed by atoms with van der Waals surface area (Å²) in [7, 11) is 0. The normalized spacial score (nSPS) is 25.3. The van der Waals surface area contributed by atoms with E-state index >= 15 is 0 Å². The van der Waals surface area contributed by atoms with Gasteiger partial charge in [-0.1, -0.05) is 30.3 Å². The molecular weight excluding hydrogens is 216 g/mol. The number of β-amino-alcohol motifs (C(OH)–C–C–N with tert-alkyl or cyclic N) is 2. The molecule has 0 unspecified atom stereocenters. The molecule has 2 rings (SSSR count). The summed E-state index contributed by atoms with van der Waals surface area (Å²) in [6.45, 7) is 3.75. The minimum Gasteiger partial charge on any atom is -0.389 e. The van der Waals surface area contributed by atoms with Gasteiger partial charge in [-0.05, 0) is 5.56 Å². The molecule has 0 aliphatic carbocycles. The van der Waals surface area contributed by atoms with E-state index in [1.165, 1.54) is 5.56 Å². The van der Waals surface area contributed by atoms with Crippen LogP contribution in [0, 0.1) is 0 Å². The number of nitrogens with one attached hydrogen (secondary N) is 1. The van der Waals surface area contributed by atoms with Gasteiger partial charge in [0.1, 0.15) is 0 Å². The molecule has 0 amide bonds. The topological polar surface area (TPSA) is 55.7 Å². The zero-order valence-electron chi connectivity index (χ0n) is 9.92. The average molecular weight is 236 g/mol. The fourth-order valence-corrected chi connectivity index (χ4v) is 2.10. The van der Waals surface area contributed by atoms with Gasteiger partial charge < -0.3 is 15.5 Å². The van der Waals surface area contributed by atoms with Gasteiger partial charge in [0.25, 0.3) is 0 Å². The molecular formula is C13H20N2O2. The Hall–Kier alpha value is -0.940. The average Bonchev–Trinajstić information content (AvgIpc) is 2.66. The molecule has 0 aromatic heterocycles. The summed E-state index contributed by atoms with van der Waals surface area (Å²) < 4.78 is 0. The van der Waals surface area contributed by atoms with Crippen LogP contribution in [0.5, 0.6) is 0 Å². The number of aliphatic hydroxyl groups is 2. The minimum atomic E-state index is -0.580. The second-order valence-electron chi connectivity index (χ2n) is 4.56. The van der Waals surface area contributed by atoms with E-state index < -0.39 is 12.2 Å². The summed E-state index contributed by atoms with van der Waals surface area (Å²) in [5.74, 6) is 0. The smallest absolute Gasteiger partial charge is 0.0938 e. The zero-order chi connectivity index (χ0) is 12.1. The third-order valence-electron chi connectivity index (χ3n) is 3.11. The summed E-state index contributed by atoms with van der Waals surface area (Å²) in [6.07, 6.45) is -1.16. The monoisotopic (exact) mass is 236 g/mol. The van der Waals surface area contributed by atoms with Crippen molar-refractivity contribution in [2.45, 2.75) is 18.8 Å². The lowest BCUT2D eigenvalue weighted by Gasteiger charge is -2.14. The van der Waals surface area contributed by atoms with E-state index in [0.29, 0.717) is 13.1 Å². The predicted molar refractivity (Wildman–Crippen MR) is 66.6 cm³/mol. The van der Waals surface area contributed by atoms with Crippen molar-refractivity contribution < 1.29 is 10.2 Å². The molecule has 1 aliphatic rings. The standard InChI is InChI=1S/C13H20N2O2/c16-12-9-15(10-13(12)17)7-6-14-8-11-4-2-1-3-5-11/h1-5,12-14,16-17H,6-10H2/t12-,13-/m1/s1. The van der Waals surface area contributed by atoms with Gasteiger partial charge in [-0.2, -0.15) is 0 Å². The van der Waals surface area contributed by atoms with Crippen LogP contribution in [-0.2, 0) is 6.54 Å². The van der Waals surface area contributed by atoms with Crippen LogP contribution in [0.3, 0.4) is 0 Å². The molecule has 0 bridgehead atoms. The van der Waals surface area contributed by atoms with Crippen LogP contribution in [0.4, 0.5) is 0 Å². The van der Waals surface area contributed by atoms with E-state index in [4.69, 9.17) is 0 Å². The Morgan fingerprint density at radius 3 is 2.41 bits per heavy atom. The first kappa shape index (κ1) is 12.5. The predicted octanol–water partition coefficient (Wildman–Crippen LogP) is -0.186. The van der Waals surface area contributed by atoms with Crippen LogP contribution in [0.1, 0.15) is 5.56 Å². The summed E-state index contributed by atoms with van der Waals surface area (Å²) in [5, 5.41) is 22.1. The number of nitrogens with zero attached hydrogens (tertiary/aromatic N) is 1. The van der Waals surface area contributed by atoms with Crippen molar-refractivity contribution >= 4 is 0 Å². The quantitative estimate of drug-likeness (QED) is 0.621. The highest BCUT2D eigenvalue weighted by molar-refractivity contribution is 5.14. The summed E-state index contributed by atoms with van der Waals surface area (Å²) >= 11 is 0. The van der Waals surface area contributed by atoms with E-state index in [9.17, 15) is 10.2 Å². The molecule has 1 aromatic carbocycles. The lowest BCUT2D eigenvalue weighted by atomic mass is 10.2. The van der Waals surface area contributed by atoms with Crippen LogP contribution >= 0.6 is 0 Å². The highest BCUT2D eigenvalue weighted by atomic mass is 16.3.